The third-order valence-corrected chi connectivity index (χ3v) is 4.15. The van der Waals surface area contributed by atoms with Gasteiger partial charge >= 0.3 is 0 Å². The Hall–Kier alpha value is -0.940. The zero-order valence-electron chi connectivity index (χ0n) is 11.6. The van der Waals surface area contributed by atoms with Gasteiger partial charge in [-0.1, -0.05) is 5.16 Å². The molecule has 1 saturated heterocycles. The summed E-state index contributed by atoms with van der Waals surface area (Å²) in [6.45, 7) is 0.874. The Bertz CT molecular complexity index is 397. The molecule has 0 spiro atoms. The molecule has 1 saturated carbocycles. The van der Waals surface area contributed by atoms with Crippen LogP contribution in [0.2, 0.25) is 0 Å². The third-order valence-electron chi connectivity index (χ3n) is 4.15. The van der Waals surface area contributed by atoms with Crippen LogP contribution >= 0.6 is 0 Å². The van der Waals surface area contributed by atoms with E-state index < -0.39 is 0 Å². The maximum Gasteiger partial charge on any atom is 0.228 e. The summed E-state index contributed by atoms with van der Waals surface area (Å²) in [4.78, 5) is 4.50. The lowest BCUT2D eigenvalue weighted by molar-refractivity contribution is 0.0153. The molecule has 1 aliphatic carbocycles. The van der Waals surface area contributed by atoms with Gasteiger partial charge in [0.2, 0.25) is 5.89 Å². The van der Waals surface area contributed by atoms with Crippen LogP contribution in [0.1, 0.15) is 43.8 Å². The zero-order valence-corrected chi connectivity index (χ0v) is 11.6. The van der Waals surface area contributed by atoms with E-state index in [-0.39, 0.29) is 6.10 Å². The van der Waals surface area contributed by atoms with Crippen molar-refractivity contribution < 1.29 is 9.26 Å². The molecule has 5 nitrogen and oxygen atoms in total. The van der Waals surface area contributed by atoms with E-state index in [1.54, 1.807) is 0 Å². The van der Waals surface area contributed by atoms with Gasteiger partial charge in [-0.2, -0.15) is 4.98 Å². The summed E-state index contributed by atoms with van der Waals surface area (Å²) in [7, 11) is 2.01. The molecule has 2 atom stereocenters. The predicted molar refractivity (Wildman–Crippen MR) is 70.9 cm³/mol. The highest BCUT2D eigenvalue weighted by Crippen LogP contribution is 2.33. The van der Waals surface area contributed by atoms with Gasteiger partial charge in [-0.15, -0.1) is 0 Å². The average molecular weight is 265 g/mol. The van der Waals surface area contributed by atoms with Crippen LogP contribution in [0.4, 0.5) is 0 Å². The van der Waals surface area contributed by atoms with Crippen molar-refractivity contribution in [2.45, 2.75) is 57.1 Å². The van der Waals surface area contributed by atoms with Crippen molar-refractivity contribution in [3.63, 3.8) is 0 Å². The molecule has 106 valence electrons. The second kappa shape index (κ2) is 6.01. The zero-order chi connectivity index (χ0) is 13.1. The Morgan fingerprint density at radius 3 is 2.89 bits per heavy atom. The Morgan fingerprint density at radius 2 is 2.21 bits per heavy atom. The lowest BCUT2D eigenvalue weighted by Gasteiger charge is -2.20. The van der Waals surface area contributed by atoms with Gasteiger partial charge in [-0.05, 0) is 45.1 Å². The van der Waals surface area contributed by atoms with Crippen LogP contribution in [0.5, 0.6) is 0 Å². The summed E-state index contributed by atoms with van der Waals surface area (Å²) < 4.78 is 11.1. The van der Waals surface area contributed by atoms with Gasteiger partial charge in [0, 0.05) is 25.5 Å². The highest BCUT2D eigenvalue weighted by atomic mass is 16.5. The molecule has 2 unspecified atom stereocenters. The number of hydrogen-bond acceptors (Lipinski definition) is 5. The molecule has 0 aromatic carbocycles. The van der Waals surface area contributed by atoms with Crippen LogP contribution in [0.3, 0.4) is 0 Å². The van der Waals surface area contributed by atoms with E-state index in [2.05, 4.69) is 15.5 Å². The predicted octanol–water partition coefficient (Wildman–Crippen LogP) is 1.72. The normalized spacial score (nSPS) is 25.4. The summed E-state index contributed by atoms with van der Waals surface area (Å²) in [5, 5.41) is 7.43. The molecule has 0 radical (unpaired) electrons. The van der Waals surface area contributed by atoms with Crippen molar-refractivity contribution in [3.05, 3.63) is 11.7 Å². The van der Waals surface area contributed by atoms with E-state index >= 15 is 0 Å². The number of aromatic nitrogens is 2. The number of likely N-dealkylation sites (N-methyl/N-ethyl adjacent to an activating group) is 1. The Balaban J connectivity index is 1.53. The molecule has 2 aliphatic rings. The number of ether oxygens (including phenoxy) is 1. The van der Waals surface area contributed by atoms with Crippen LogP contribution in [0, 0.1) is 5.92 Å². The van der Waals surface area contributed by atoms with Crippen LogP contribution in [-0.2, 0) is 17.6 Å². The average Bonchev–Trinajstić information content (AvgIpc) is 3.19. The Labute approximate surface area is 114 Å². The fourth-order valence-corrected chi connectivity index (χ4v) is 2.82. The first-order valence-corrected chi connectivity index (χ1v) is 7.45. The fraction of sp³-hybridized carbons (Fsp3) is 0.857. The topological polar surface area (TPSA) is 60.2 Å². The summed E-state index contributed by atoms with van der Waals surface area (Å²) in [5.74, 6) is 2.35. The summed E-state index contributed by atoms with van der Waals surface area (Å²) in [5.41, 5.74) is 0. The standard InChI is InChI=1S/C14H23N3O2/c1-15-12(10-5-6-10)9-14-16-13(17-19-14)8-11-4-2-3-7-18-11/h10-12,15H,2-9H2,1H3. The van der Waals surface area contributed by atoms with Gasteiger partial charge in [0.05, 0.1) is 6.10 Å². The fourth-order valence-electron chi connectivity index (χ4n) is 2.82. The highest BCUT2D eigenvalue weighted by Gasteiger charge is 2.31. The molecular formula is C14H23N3O2. The summed E-state index contributed by atoms with van der Waals surface area (Å²) >= 11 is 0. The van der Waals surface area contributed by atoms with Crippen molar-refractivity contribution in [2.24, 2.45) is 5.92 Å². The van der Waals surface area contributed by atoms with Crippen molar-refractivity contribution in [3.8, 4) is 0 Å². The van der Waals surface area contributed by atoms with E-state index in [0.717, 1.165) is 43.5 Å². The maximum absolute atomic E-state index is 5.71. The first kappa shape index (κ1) is 13.1. The van der Waals surface area contributed by atoms with E-state index in [9.17, 15) is 0 Å². The summed E-state index contributed by atoms with van der Waals surface area (Å²) in [6, 6.07) is 0.485. The largest absolute Gasteiger partial charge is 0.378 e. The van der Waals surface area contributed by atoms with Gasteiger partial charge in [0.25, 0.3) is 0 Å². The van der Waals surface area contributed by atoms with Crippen molar-refractivity contribution in [1.29, 1.82) is 0 Å². The lowest BCUT2D eigenvalue weighted by Crippen LogP contribution is -2.29. The minimum atomic E-state index is 0.280. The first-order valence-electron chi connectivity index (χ1n) is 7.45. The van der Waals surface area contributed by atoms with E-state index in [1.165, 1.54) is 25.7 Å². The molecule has 2 fully saturated rings. The monoisotopic (exact) mass is 265 g/mol. The second-order valence-electron chi connectivity index (χ2n) is 5.73. The molecule has 1 N–H and O–H groups in total. The molecule has 1 aliphatic heterocycles. The van der Waals surface area contributed by atoms with Gasteiger partial charge < -0.3 is 14.6 Å². The molecule has 0 bridgehead atoms. The number of rotatable bonds is 6. The SMILES string of the molecule is CNC(Cc1nc(CC2CCCCO2)no1)C1CC1. The maximum atomic E-state index is 5.71. The molecule has 3 rings (SSSR count). The smallest absolute Gasteiger partial charge is 0.228 e. The van der Waals surface area contributed by atoms with E-state index in [1.807, 2.05) is 7.05 Å². The van der Waals surface area contributed by atoms with Crippen molar-refractivity contribution >= 4 is 0 Å². The van der Waals surface area contributed by atoms with E-state index in [4.69, 9.17) is 9.26 Å². The molecular weight excluding hydrogens is 242 g/mol. The number of nitrogens with zero attached hydrogens (tertiary/aromatic N) is 2. The Kier molecular flexibility index (Phi) is 4.13. The molecule has 0 amide bonds. The highest BCUT2D eigenvalue weighted by molar-refractivity contribution is 4.95. The molecule has 2 heterocycles. The number of nitrogens with one attached hydrogen (secondary N) is 1. The third kappa shape index (κ3) is 3.54. The van der Waals surface area contributed by atoms with Crippen LogP contribution in [-0.4, -0.2) is 35.9 Å². The lowest BCUT2D eigenvalue weighted by atomic mass is 10.1. The Morgan fingerprint density at radius 1 is 1.32 bits per heavy atom. The van der Waals surface area contributed by atoms with Gasteiger partial charge in [-0.25, -0.2) is 0 Å². The van der Waals surface area contributed by atoms with Crippen LogP contribution in [0.15, 0.2) is 4.52 Å². The molecule has 1 aromatic heterocycles. The quantitative estimate of drug-likeness (QED) is 0.848. The van der Waals surface area contributed by atoms with Crippen LogP contribution < -0.4 is 5.32 Å². The molecule has 1 aromatic rings. The minimum absolute atomic E-state index is 0.280. The first-order chi connectivity index (χ1) is 9.35. The van der Waals surface area contributed by atoms with Gasteiger partial charge in [0.15, 0.2) is 5.82 Å². The number of hydrogen-bond donors (Lipinski definition) is 1. The van der Waals surface area contributed by atoms with Gasteiger partial charge in [-0.3, -0.25) is 0 Å². The molecule has 19 heavy (non-hydrogen) atoms. The van der Waals surface area contributed by atoms with Crippen molar-refractivity contribution in [2.75, 3.05) is 13.7 Å². The van der Waals surface area contributed by atoms with E-state index in [0.29, 0.717) is 6.04 Å². The molecule has 5 heteroatoms. The second-order valence-corrected chi connectivity index (χ2v) is 5.73. The van der Waals surface area contributed by atoms with Crippen molar-refractivity contribution in [1.82, 2.24) is 15.5 Å². The minimum Gasteiger partial charge on any atom is -0.378 e. The van der Waals surface area contributed by atoms with Crippen LogP contribution in [0.25, 0.3) is 0 Å². The van der Waals surface area contributed by atoms with Gasteiger partial charge in [0.1, 0.15) is 0 Å². The summed E-state index contributed by atoms with van der Waals surface area (Å²) in [6.07, 6.45) is 8.10.